The number of benzene rings is 2. The van der Waals surface area contributed by atoms with Gasteiger partial charge in [0.05, 0.1) is 28.7 Å². The molecule has 2 aromatic heterocycles. The van der Waals surface area contributed by atoms with E-state index in [1.165, 1.54) is 17.8 Å². The number of rotatable bonds is 18. The minimum absolute atomic E-state index is 0.00748. The molecule has 2 amide bonds. The topological polar surface area (TPSA) is 154 Å². The Balaban J connectivity index is 1.85. The number of ether oxygens (including phenoxy) is 3. The second-order valence-electron chi connectivity index (χ2n) is 15.3. The van der Waals surface area contributed by atoms with Crippen LogP contribution in [0.3, 0.4) is 0 Å². The van der Waals surface area contributed by atoms with E-state index in [1.807, 2.05) is 0 Å². The summed E-state index contributed by atoms with van der Waals surface area (Å²) in [6.45, 7) is 13.3. The van der Waals surface area contributed by atoms with E-state index in [1.54, 1.807) is 24.3 Å². The Bertz CT molecular complexity index is 1960. The molecule has 0 atom stereocenters. The van der Waals surface area contributed by atoms with Gasteiger partial charge in [-0.2, -0.15) is 18.3 Å². The predicted molar refractivity (Wildman–Crippen MR) is 205 cm³/mol. The van der Waals surface area contributed by atoms with Crippen molar-refractivity contribution >= 4 is 50.6 Å². The van der Waals surface area contributed by atoms with Crippen LogP contribution in [0.2, 0.25) is 51.4 Å². The number of amides is 2. The van der Waals surface area contributed by atoms with E-state index < -0.39 is 52.3 Å². The summed E-state index contributed by atoms with van der Waals surface area (Å²) in [6, 6.07) is 11.6. The number of hydrogen-bond donors (Lipinski definition) is 3. The molecule has 0 aliphatic rings. The third kappa shape index (κ3) is 11.7. The number of halogens is 4. The first kappa shape index (κ1) is 42.2. The Morgan fingerprint density at radius 2 is 1.63 bits per heavy atom. The first-order chi connectivity index (χ1) is 25.1. The number of para-hydroxylation sites is 1. The van der Waals surface area contributed by atoms with Crippen molar-refractivity contribution < 1.29 is 46.5 Å². The van der Waals surface area contributed by atoms with Crippen LogP contribution in [0, 0.1) is 5.82 Å². The van der Waals surface area contributed by atoms with E-state index in [4.69, 9.17) is 19.9 Å². The molecule has 0 saturated heterocycles. The van der Waals surface area contributed by atoms with Crippen molar-refractivity contribution in [2.45, 2.75) is 77.2 Å². The number of alkyl halides is 3. The smallest absolute Gasteiger partial charge is 0.411 e. The van der Waals surface area contributed by atoms with Gasteiger partial charge in [-0.3, -0.25) is 9.69 Å². The number of nitrogens with two attached hydrogens (primary N) is 1. The molecule has 0 saturated carbocycles. The van der Waals surface area contributed by atoms with Gasteiger partial charge in [-0.25, -0.2) is 18.9 Å². The molecule has 4 rings (SSSR count). The summed E-state index contributed by atoms with van der Waals surface area (Å²) in [6.07, 6.45) is -7.33. The number of pyridine rings is 1. The Labute approximate surface area is 313 Å². The highest BCUT2D eigenvalue weighted by Crippen LogP contribution is 2.37. The van der Waals surface area contributed by atoms with Crippen LogP contribution in [-0.2, 0) is 29.2 Å². The maximum Gasteiger partial charge on any atom is 0.411 e. The first-order valence-corrected chi connectivity index (χ1v) is 24.7. The van der Waals surface area contributed by atoms with Crippen LogP contribution in [0.5, 0.6) is 5.75 Å². The molecule has 0 fully saturated rings. The van der Waals surface area contributed by atoms with Crippen LogP contribution in [-0.4, -0.2) is 81.2 Å². The van der Waals surface area contributed by atoms with Crippen LogP contribution < -0.4 is 20.7 Å². The summed E-state index contributed by atoms with van der Waals surface area (Å²) < 4.78 is 76.0. The molecular weight excluding hydrogens is 745 g/mol. The number of primary amides is 1. The average Bonchev–Trinajstić information content (AvgIpc) is 3.43. The summed E-state index contributed by atoms with van der Waals surface area (Å²) >= 11 is 0. The lowest BCUT2D eigenvalue weighted by atomic mass is 9.99. The number of aromatic nitrogens is 3. The van der Waals surface area contributed by atoms with Gasteiger partial charge in [0, 0.05) is 48.5 Å². The fraction of sp³-hybridized carbons (Fsp3) is 0.444. The second kappa shape index (κ2) is 17.3. The molecule has 4 N–H and O–H groups in total. The highest BCUT2D eigenvalue weighted by molar-refractivity contribution is 6.76. The largest absolute Gasteiger partial charge is 0.465 e. The van der Waals surface area contributed by atoms with E-state index >= 15 is 4.39 Å². The van der Waals surface area contributed by atoms with E-state index in [-0.39, 0.29) is 59.3 Å². The molecule has 2 heterocycles. The van der Waals surface area contributed by atoms with Gasteiger partial charge in [-0.15, -0.1) is 0 Å². The lowest BCUT2D eigenvalue weighted by Gasteiger charge is -2.19. The molecule has 0 spiro atoms. The quantitative estimate of drug-likeness (QED) is 0.0392. The number of carbonyl (C=O) groups is 2. The zero-order valence-corrected chi connectivity index (χ0v) is 33.6. The number of fused-ring (bicyclic) bond motifs is 1. The van der Waals surface area contributed by atoms with Gasteiger partial charge in [-0.05, 0) is 47.5 Å². The van der Waals surface area contributed by atoms with Crippen molar-refractivity contribution in [2.75, 3.05) is 37.3 Å². The van der Waals surface area contributed by atoms with Gasteiger partial charge < -0.3 is 30.4 Å². The molecule has 0 aliphatic carbocycles. The summed E-state index contributed by atoms with van der Waals surface area (Å²) in [5.41, 5.74) is 6.10. The zero-order valence-electron chi connectivity index (χ0n) is 31.6. The molecule has 0 aliphatic heterocycles. The number of carboxylic acid groups (broad SMARTS) is 1. The van der Waals surface area contributed by atoms with Crippen LogP contribution in [0.1, 0.15) is 21.6 Å². The molecule has 0 bridgehead atoms. The fourth-order valence-electron chi connectivity index (χ4n) is 5.38. The van der Waals surface area contributed by atoms with Crippen molar-refractivity contribution in [3.8, 4) is 17.0 Å². The molecule has 0 radical (unpaired) electrons. The summed E-state index contributed by atoms with van der Waals surface area (Å²) in [5, 5.41) is 17.3. The summed E-state index contributed by atoms with van der Waals surface area (Å²) in [7, 11) is -1.52. The first-order valence-electron chi connectivity index (χ1n) is 17.3. The molecular formula is C36H48F4N6O6Si2. The SMILES string of the molecule is CN(C(=O)O)c1ccccc1CNc1nc(-c2cc(F)c(OCOCC[Si](C)(C)C)cc2CC(F)(F)F)cc2c1c(C(N)=O)nn2COCC[Si](C)(C)C. The number of anilines is 2. The van der Waals surface area contributed by atoms with E-state index in [0.717, 1.165) is 29.1 Å². The lowest BCUT2D eigenvalue weighted by molar-refractivity contribution is -0.127. The zero-order chi connectivity index (χ0) is 40.0. The highest BCUT2D eigenvalue weighted by atomic mass is 28.3. The average molecular weight is 793 g/mol. The van der Waals surface area contributed by atoms with Crippen LogP contribution in [0.25, 0.3) is 22.2 Å². The molecule has 12 nitrogen and oxygen atoms in total. The Morgan fingerprint density at radius 1 is 0.981 bits per heavy atom. The lowest BCUT2D eigenvalue weighted by Crippen LogP contribution is -2.25. The second-order valence-corrected chi connectivity index (χ2v) is 26.6. The normalized spacial score (nSPS) is 12.3. The Hall–Kier alpha value is -4.53. The van der Waals surface area contributed by atoms with Gasteiger partial charge in [0.25, 0.3) is 5.91 Å². The van der Waals surface area contributed by atoms with Crippen molar-refractivity contribution in [1.29, 1.82) is 0 Å². The molecule has 4 aromatic rings. The molecule has 54 heavy (non-hydrogen) atoms. The van der Waals surface area contributed by atoms with E-state index in [0.29, 0.717) is 24.5 Å². The van der Waals surface area contributed by atoms with Gasteiger partial charge in [0.1, 0.15) is 12.5 Å². The number of nitrogens with zero attached hydrogens (tertiary/aromatic N) is 4. The molecule has 2 aromatic carbocycles. The minimum atomic E-state index is -4.69. The fourth-order valence-corrected chi connectivity index (χ4v) is 6.89. The van der Waals surface area contributed by atoms with Gasteiger partial charge >= 0.3 is 12.3 Å². The highest BCUT2D eigenvalue weighted by Gasteiger charge is 2.31. The van der Waals surface area contributed by atoms with E-state index in [2.05, 4.69) is 54.7 Å². The van der Waals surface area contributed by atoms with Crippen molar-refractivity contribution in [3.05, 3.63) is 65.1 Å². The Morgan fingerprint density at radius 3 is 2.24 bits per heavy atom. The molecule has 18 heteroatoms. The van der Waals surface area contributed by atoms with Crippen molar-refractivity contribution in [3.63, 3.8) is 0 Å². The summed E-state index contributed by atoms with van der Waals surface area (Å²) in [5.74, 6) is -2.26. The molecule has 0 unspecified atom stereocenters. The van der Waals surface area contributed by atoms with Crippen molar-refractivity contribution in [1.82, 2.24) is 14.8 Å². The van der Waals surface area contributed by atoms with Crippen LogP contribution in [0.15, 0.2) is 42.5 Å². The van der Waals surface area contributed by atoms with E-state index in [9.17, 15) is 27.9 Å². The van der Waals surface area contributed by atoms with Gasteiger partial charge in [0.15, 0.2) is 24.1 Å². The standard InChI is InChI=1S/C36H48F4N6O6Si2/c1-45(35(48)49)28-11-9-8-10-23(28)20-42-34-31-29(46(44-32(31)33(41)47)21-50-12-14-53(2,3)4)18-27(43-34)25-17-26(37)30(16-24(25)19-36(38,39)40)52-22-51-13-15-54(5,6)7/h8-11,16-18H,12-15,19-22H2,1-7H3,(H2,41,47)(H,42,43)(H,48,49). The van der Waals surface area contributed by atoms with Crippen LogP contribution in [0.4, 0.5) is 33.9 Å². The molecule has 294 valence electrons. The van der Waals surface area contributed by atoms with Crippen molar-refractivity contribution in [2.24, 2.45) is 5.73 Å². The number of carbonyl (C=O) groups excluding carboxylic acids is 1. The monoisotopic (exact) mass is 792 g/mol. The van der Waals surface area contributed by atoms with Gasteiger partial charge in [0.2, 0.25) is 0 Å². The maximum atomic E-state index is 15.7. The predicted octanol–water partition coefficient (Wildman–Crippen LogP) is 8.17. The third-order valence-corrected chi connectivity index (χ3v) is 11.8. The van der Waals surface area contributed by atoms with Gasteiger partial charge in [-0.1, -0.05) is 57.5 Å². The third-order valence-electron chi connectivity index (χ3n) is 8.38. The maximum absolute atomic E-state index is 15.7. The number of nitrogens with one attached hydrogen (secondary N) is 1. The Kier molecular flexibility index (Phi) is 13.5. The summed E-state index contributed by atoms with van der Waals surface area (Å²) in [4.78, 5) is 30.2. The van der Waals surface area contributed by atoms with Crippen LogP contribution >= 0.6 is 0 Å². The minimum Gasteiger partial charge on any atom is -0.465 e. The number of hydrogen-bond acceptors (Lipinski definition) is 8.